The Hall–Kier alpha value is -1.06. The molecule has 4 heteroatoms. The highest BCUT2D eigenvalue weighted by Crippen LogP contribution is 2.53. The smallest absolute Gasteiger partial charge is 0.199 e. The first-order chi connectivity index (χ1) is 9.83. The average molecular weight is 318 g/mol. The Labute approximate surface area is 130 Å². The van der Waals surface area contributed by atoms with Gasteiger partial charge in [0.15, 0.2) is 0 Å². The van der Waals surface area contributed by atoms with Crippen molar-refractivity contribution in [3.8, 4) is 0 Å². The van der Waals surface area contributed by atoms with Crippen LogP contribution in [-0.2, 0) is 11.3 Å². The Morgan fingerprint density at radius 1 is 0.727 bits per heavy atom. The van der Waals surface area contributed by atoms with Gasteiger partial charge in [0.05, 0.1) is 0 Å². The Morgan fingerprint density at radius 3 is 1.50 bits per heavy atom. The third-order valence-corrected chi connectivity index (χ3v) is 5.04. The maximum Gasteiger partial charge on any atom is 0.335 e. The summed E-state index contributed by atoms with van der Waals surface area (Å²) in [5.41, 5.74) is -1.71. The third kappa shape index (κ3) is 3.02. The van der Waals surface area contributed by atoms with Gasteiger partial charge in [0.1, 0.15) is 0 Å². The van der Waals surface area contributed by atoms with Crippen molar-refractivity contribution in [1.29, 1.82) is 0 Å². The average Bonchev–Trinajstić information content (AvgIpc) is 2.46. The summed E-state index contributed by atoms with van der Waals surface area (Å²) >= 11 is 0. The second-order valence-corrected chi connectivity index (χ2v) is 7.20. The Kier molecular flexibility index (Phi) is 5.06. The molecule has 126 valence electrons. The molecule has 1 rings (SSSR count). The summed E-state index contributed by atoms with van der Waals surface area (Å²) in [5.74, 6) is -8.31. The van der Waals surface area contributed by atoms with Crippen LogP contribution < -0.4 is 0 Å². The van der Waals surface area contributed by atoms with E-state index in [9.17, 15) is 17.6 Å². The molecule has 0 aliphatic heterocycles. The van der Waals surface area contributed by atoms with Crippen LogP contribution in [0.15, 0.2) is 24.3 Å². The van der Waals surface area contributed by atoms with Crippen LogP contribution in [0.3, 0.4) is 0 Å². The van der Waals surface area contributed by atoms with Gasteiger partial charge in [-0.15, -0.1) is 0 Å². The predicted molar refractivity (Wildman–Crippen MR) is 82.7 cm³/mol. The van der Waals surface area contributed by atoms with Crippen molar-refractivity contribution in [2.45, 2.75) is 71.6 Å². The topological polar surface area (TPSA) is 0 Å². The lowest BCUT2D eigenvalue weighted by Crippen LogP contribution is -2.49. The normalized spacial score (nSPS) is 14.3. The fraction of sp³-hybridized carbons (Fsp3) is 0.667. The largest absolute Gasteiger partial charge is 0.335 e. The van der Waals surface area contributed by atoms with E-state index in [0.29, 0.717) is 0 Å². The van der Waals surface area contributed by atoms with E-state index >= 15 is 0 Å². The van der Waals surface area contributed by atoms with E-state index in [4.69, 9.17) is 0 Å². The summed E-state index contributed by atoms with van der Waals surface area (Å²) < 4.78 is 57.4. The van der Waals surface area contributed by atoms with E-state index in [-0.39, 0.29) is 11.8 Å². The fourth-order valence-corrected chi connectivity index (χ4v) is 2.16. The monoisotopic (exact) mass is 318 g/mol. The van der Waals surface area contributed by atoms with Crippen LogP contribution >= 0.6 is 0 Å². The Bertz CT molecular complexity index is 498. The molecule has 0 heterocycles. The molecular weight excluding hydrogens is 292 g/mol. The summed E-state index contributed by atoms with van der Waals surface area (Å²) in [5, 5.41) is 0. The van der Waals surface area contributed by atoms with Crippen LogP contribution in [0.4, 0.5) is 17.6 Å². The quantitative estimate of drug-likeness (QED) is 0.523. The molecule has 0 saturated heterocycles. The molecule has 1 aromatic carbocycles. The fourth-order valence-electron chi connectivity index (χ4n) is 2.16. The summed E-state index contributed by atoms with van der Waals surface area (Å²) in [4.78, 5) is 0. The van der Waals surface area contributed by atoms with E-state index in [0.717, 1.165) is 24.1 Å². The van der Waals surface area contributed by atoms with Crippen molar-refractivity contribution < 1.29 is 17.6 Å². The minimum absolute atomic E-state index is 0.0312. The van der Waals surface area contributed by atoms with Gasteiger partial charge in [0.25, 0.3) is 0 Å². The van der Waals surface area contributed by atoms with Gasteiger partial charge >= 0.3 is 11.8 Å². The molecule has 0 aromatic heterocycles. The molecule has 0 aliphatic carbocycles. The number of rotatable bonds is 6. The van der Waals surface area contributed by atoms with Crippen LogP contribution in [0.2, 0.25) is 0 Å². The van der Waals surface area contributed by atoms with Crippen molar-refractivity contribution >= 4 is 0 Å². The summed E-state index contributed by atoms with van der Waals surface area (Å²) in [6.07, 6.45) is 0.804. The Morgan fingerprint density at radius 2 is 1.14 bits per heavy atom. The zero-order chi connectivity index (χ0) is 17.4. The molecule has 0 bridgehead atoms. The van der Waals surface area contributed by atoms with Crippen LogP contribution in [-0.4, -0.2) is 5.92 Å². The molecule has 22 heavy (non-hydrogen) atoms. The first-order valence-electron chi connectivity index (χ1n) is 7.70. The summed E-state index contributed by atoms with van der Waals surface area (Å²) in [7, 11) is 0. The molecule has 0 nitrogen and oxygen atoms in total. The van der Waals surface area contributed by atoms with Crippen molar-refractivity contribution in [3.63, 3.8) is 0 Å². The molecule has 0 N–H and O–H groups in total. The number of hydrogen-bond donors (Lipinski definition) is 0. The zero-order valence-electron chi connectivity index (χ0n) is 14.2. The molecule has 1 aromatic rings. The predicted octanol–water partition coefficient (Wildman–Crippen LogP) is 6.54. The number of alkyl halides is 4. The SMILES string of the molecule is CCC(C)(C)c1ccc(C(F)(F)C(F)(F)C(C)(C)CC)cc1. The van der Waals surface area contributed by atoms with Gasteiger partial charge in [-0.2, -0.15) is 17.6 Å². The zero-order valence-corrected chi connectivity index (χ0v) is 14.2. The molecule has 0 saturated carbocycles. The third-order valence-electron chi connectivity index (χ3n) is 5.04. The van der Waals surface area contributed by atoms with Crippen LogP contribution in [0.1, 0.15) is 65.5 Å². The van der Waals surface area contributed by atoms with Gasteiger partial charge in [-0.1, -0.05) is 65.8 Å². The highest BCUT2D eigenvalue weighted by Gasteiger charge is 2.64. The van der Waals surface area contributed by atoms with Crippen LogP contribution in [0.25, 0.3) is 0 Å². The van der Waals surface area contributed by atoms with Gasteiger partial charge in [-0.25, -0.2) is 0 Å². The van der Waals surface area contributed by atoms with Crippen molar-refractivity contribution in [2.24, 2.45) is 5.41 Å². The van der Waals surface area contributed by atoms with Gasteiger partial charge < -0.3 is 0 Å². The van der Waals surface area contributed by atoms with Crippen LogP contribution in [0, 0.1) is 5.41 Å². The van der Waals surface area contributed by atoms with Crippen molar-refractivity contribution in [1.82, 2.24) is 0 Å². The van der Waals surface area contributed by atoms with Crippen molar-refractivity contribution in [3.05, 3.63) is 35.4 Å². The lowest BCUT2D eigenvalue weighted by atomic mass is 9.77. The number of halogens is 4. The standard InChI is InChI=1S/C18H26F4/c1-7-15(3,4)13-9-11-14(12-10-13)17(19,20)18(21,22)16(5,6)8-2/h9-12H,7-8H2,1-6H3. The van der Waals surface area contributed by atoms with Gasteiger partial charge in [0.2, 0.25) is 0 Å². The lowest BCUT2D eigenvalue weighted by Gasteiger charge is -2.38. The maximum atomic E-state index is 14.4. The van der Waals surface area contributed by atoms with E-state index in [2.05, 4.69) is 0 Å². The second-order valence-electron chi connectivity index (χ2n) is 7.20. The second kappa shape index (κ2) is 5.86. The van der Waals surface area contributed by atoms with E-state index in [1.807, 2.05) is 20.8 Å². The number of benzene rings is 1. The molecule has 0 amide bonds. The lowest BCUT2D eigenvalue weighted by molar-refractivity contribution is -0.268. The van der Waals surface area contributed by atoms with E-state index < -0.39 is 22.8 Å². The highest BCUT2D eigenvalue weighted by atomic mass is 19.3. The van der Waals surface area contributed by atoms with Gasteiger partial charge in [0, 0.05) is 11.0 Å². The van der Waals surface area contributed by atoms with Gasteiger partial charge in [-0.05, 0) is 23.8 Å². The molecular formula is C18H26F4. The minimum atomic E-state index is -4.19. The van der Waals surface area contributed by atoms with Crippen LogP contribution in [0.5, 0.6) is 0 Å². The van der Waals surface area contributed by atoms with Crippen molar-refractivity contribution in [2.75, 3.05) is 0 Å². The van der Waals surface area contributed by atoms with E-state index in [1.165, 1.54) is 32.9 Å². The molecule has 0 unspecified atom stereocenters. The molecule has 0 spiro atoms. The maximum absolute atomic E-state index is 14.4. The molecule has 0 fully saturated rings. The van der Waals surface area contributed by atoms with Gasteiger partial charge in [-0.3, -0.25) is 0 Å². The molecule has 0 aliphatic rings. The molecule has 0 radical (unpaired) electrons. The summed E-state index contributed by atoms with van der Waals surface area (Å²) in [6.45, 7) is 9.84. The summed E-state index contributed by atoms with van der Waals surface area (Å²) in [6, 6.07) is 5.32. The number of hydrogen-bond acceptors (Lipinski definition) is 0. The molecule has 0 atom stereocenters. The Balaban J connectivity index is 3.25. The minimum Gasteiger partial charge on any atom is -0.199 e. The van der Waals surface area contributed by atoms with E-state index in [1.54, 1.807) is 0 Å². The highest BCUT2D eigenvalue weighted by molar-refractivity contribution is 5.31. The first kappa shape index (κ1) is 19.0. The first-order valence-corrected chi connectivity index (χ1v) is 7.70.